The first kappa shape index (κ1) is 39.8. The molecular formula is C57H55N. The third-order valence-corrected chi connectivity index (χ3v) is 11.7. The van der Waals surface area contributed by atoms with Crippen LogP contribution in [0.4, 0.5) is 11.4 Å². The Morgan fingerprint density at radius 1 is 0.741 bits per heavy atom. The number of hydrogen-bond donors (Lipinski definition) is 0. The molecule has 4 aromatic carbocycles. The minimum atomic E-state index is -0.314. The smallest absolute Gasteiger partial charge is 0.0538 e. The predicted molar refractivity (Wildman–Crippen MR) is 252 cm³/mol. The van der Waals surface area contributed by atoms with Gasteiger partial charge in [-0.15, -0.1) is 5.73 Å². The second-order valence-electron chi connectivity index (χ2n) is 15.5. The van der Waals surface area contributed by atoms with Gasteiger partial charge in [-0.3, -0.25) is 0 Å². The van der Waals surface area contributed by atoms with Gasteiger partial charge < -0.3 is 4.90 Å². The van der Waals surface area contributed by atoms with Crippen LogP contribution in [0.25, 0.3) is 29.4 Å². The van der Waals surface area contributed by atoms with Gasteiger partial charge in [0.2, 0.25) is 0 Å². The molecule has 3 aliphatic carbocycles. The Balaban J connectivity index is 1.40. The van der Waals surface area contributed by atoms with Gasteiger partial charge in [0.25, 0.3) is 0 Å². The zero-order valence-corrected chi connectivity index (χ0v) is 34.6. The van der Waals surface area contributed by atoms with Crippen molar-refractivity contribution in [3.8, 4) is 11.1 Å². The Kier molecular flexibility index (Phi) is 12.5. The van der Waals surface area contributed by atoms with Gasteiger partial charge in [-0.1, -0.05) is 152 Å². The van der Waals surface area contributed by atoms with Crippen LogP contribution in [0.5, 0.6) is 0 Å². The summed E-state index contributed by atoms with van der Waals surface area (Å²) in [6.07, 6.45) is 38.2. The fraction of sp³-hybridized carbons (Fsp3) is 0.175. The summed E-state index contributed by atoms with van der Waals surface area (Å²) in [6, 6.07) is 31.2. The molecule has 1 unspecified atom stereocenters. The van der Waals surface area contributed by atoms with Crippen LogP contribution in [0, 0.1) is 13.8 Å². The molecule has 288 valence electrons. The third-order valence-electron chi connectivity index (χ3n) is 11.7. The van der Waals surface area contributed by atoms with Crippen molar-refractivity contribution in [2.45, 2.75) is 65.2 Å². The number of nitrogens with zero attached hydrogens (tertiary/aromatic N) is 1. The molecule has 0 saturated carbocycles. The van der Waals surface area contributed by atoms with Gasteiger partial charge in [-0.25, -0.2) is 0 Å². The normalized spacial score (nSPS) is 19.5. The average molecular weight is 754 g/mol. The summed E-state index contributed by atoms with van der Waals surface area (Å²) in [5.74, 6) is 0. The summed E-state index contributed by atoms with van der Waals surface area (Å²) in [7, 11) is 0. The van der Waals surface area contributed by atoms with E-state index < -0.39 is 0 Å². The van der Waals surface area contributed by atoms with E-state index in [2.05, 4.69) is 215 Å². The highest BCUT2D eigenvalue weighted by molar-refractivity contribution is 5.78. The average Bonchev–Trinajstić information content (AvgIpc) is 3.42. The first-order valence-electron chi connectivity index (χ1n) is 20.7. The highest BCUT2D eigenvalue weighted by Gasteiger charge is 2.34. The first-order valence-corrected chi connectivity index (χ1v) is 20.7. The first-order chi connectivity index (χ1) is 28.3. The van der Waals surface area contributed by atoms with E-state index in [-0.39, 0.29) is 5.41 Å². The van der Waals surface area contributed by atoms with Gasteiger partial charge in [0.05, 0.1) is 5.70 Å². The number of hydrogen-bond acceptors (Lipinski definition) is 1. The predicted octanol–water partition coefficient (Wildman–Crippen LogP) is 13.9. The summed E-state index contributed by atoms with van der Waals surface area (Å²) in [5.41, 5.74) is 18.7. The number of anilines is 2. The van der Waals surface area contributed by atoms with Crippen molar-refractivity contribution in [3.63, 3.8) is 0 Å². The minimum absolute atomic E-state index is 0.314. The molecule has 7 rings (SSSR count). The molecule has 58 heavy (non-hydrogen) atoms. The quantitative estimate of drug-likeness (QED) is 0.0984. The van der Waals surface area contributed by atoms with Crippen LogP contribution in [0.3, 0.4) is 0 Å². The van der Waals surface area contributed by atoms with Gasteiger partial charge in [-0.05, 0) is 151 Å². The highest BCUT2D eigenvalue weighted by Crippen LogP contribution is 2.45. The van der Waals surface area contributed by atoms with Gasteiger partial charge in [0, 0.05) is 28.4 Å². The SMILES string of the molecule is C=C1/C=C\CCC(C2=CC=CCC2)(c2cccc(N(C3=CC=C(C)C(/C=C\C=C/C)=C=C3)c3ccc(-c4ccccc4C)c(C)c3)c2)C=CC/C=c2/cccc1c2=C. The van der Waals surface area contributed by atoms with Crippen molar-refractivity contribution in [2.75, 3.05) is 4.90 Å². The maximum atomic E-state index is 4.45. The van der Waals surface area contributed by atoms with Crippen molar-refractivity contribution in [1.29, 1.82) is 0 Å². The second kappa shape index (κ2) is 18.2. The monoisotopic (exact) mass is 753 g/mol. The van der Waals surface area contributed by atoms with E-state index in [9.17, 15) is 0 Å². The summed E-state index contributed by atoms with van der Waals surface area (Å²) in [4.78, 5) is 2.40. The summed E-state index contributed by atoms with van der Waals surface area (Å²) in [5, 5.41) is 2.19. The zero-order chi connectivity index (χ0) is 40.5. The molecule has 1 nitrogen and oxygen atoms in total. The minimum Gasteiger partial charge on any atom is -0.310 e. The van der Waals surface area contributed by atoms with E-state index in [1.54, 1.807) is 0 Å². The Bertz CT molecular complexity index is 2650. The third kappa shape index (κ3) is 8.62. The van der Waals surface area contributed by atoms with Crippen LogP contribution in [0.1, 0.15) is 68.2 Å². The van der Waals surface area contributed by atoms with E-state index in [1.807, 2.05) is 13.0 Å². The van der Waals surface area contributed by atoms with Crippen LogP contribution < -0.4 is 15.3 Å². The molecule has 0 radical (unpaired) electrons. The Morgan fingerprint density at radius 2 is 1.55 bits per heavy atom. The number of fused-ring (bicyclic) bond motifs is 2. The number of rotatable bonds is 8. The van der Waals surface area contributed by atoms with Gasteiger partial charge in [0.1, 0.15) is 0 Å². The summed E-state index contributed by atoms with van der Waals surface area (Å²) < 4.78 is 0. The standard InChI is InChI=1S/C57H55N/c1-7-8-10-23-47-33-35-51(34-32-42(47)2)58(53-36-37-56(45(5)40-53)55-30-14-13-21-44(55)4)52-29-20-28-50(41-52)57(49-26-11-9-12-27-49)38-17-15-22-43(3)54-31-19-25-48(46(54)6)24-16-18-39-57/h7-11,13-15,18-26,28-32,34-37,39-41H,3,6,12,16-17,27,38H2,1-2,4-5H3/b8-7-,22-15-,23-10-,39-18?,48-24-. The maximum Gasteiger partial charge on any atom is 0.0538 e. The van der Waals surface area contributed by atoms with Crippen molar-refractivity contribution in [3.05, 3.63) is 237 Å². The van der Waals surface area contributed by atoms with Crippen molar-refractivity contribution < 1.29 is 0 Å². The molecular weight excluding hydrogens is 699 g/mol. The molecule has 0 spiro atoms. The molecule has 0 aliphatic heterocycles. The fourth-order valence-corrected chi connectivity index (χ4v) is 8.47. The van der Waals surface area contributed by atoms with E-state index in [1.165, 1.54) is 39.0 Å². The lowest BCUT2D eigenvalue weighted by Gasteiger charge is -2.36. The Hall–Kier alpha value is -6.40. The Labute approximate surface area is 346 Å². The molecule has 0 fully saturated rings. The van der Waals surface area contributed by atoms with E-state index >= 15 is 0 Å². The topological polar surface area (TPSA) is 3.24 Å². The molecule has 2 bridgehead atoms. The molecule has 3 aliphatic rings. The molecule has 0 amide bonds. The van der Waals surface area contributed by atoms with Crippen LogP contribution in [-0.2, 0) is 5.41 Å². The van der Waals surface area contributed by atoms with E-state index in [0.717, 1.165) is 76.3 Å². The Morgan fingerprint density at radius 3 is 2.36 bits per heavy atom. The van der Waals surface area contributed by atoms with Crippen LogP contribution in [0.2, 0.25) is 0 Å². The van der Waals surface area contributed by atoms with E-state index in [0.29, 0.717) is 0 Å². The van der Waals surface area contributed by atoms with Crippen molar-refractivity contribution in [1.82, 2.24) is 0 Å². The van der Waals surface area contributed by atoms with Crippen LogP contribution >= 0.6 is 0 Å². The highest BCUT2D eigenvalue weighted by atomic mass is 15.1. The molecule has 0 N–H and O–H groups in total. The lowest BCUT2D eigenvalue weighted by molar-refractivity contribution is 0.549. The summed E-state index contributed by atoms with van der Waals surface area (Å²) in [6.45, 7) is 17.5. The zero-order valence-electron chi connectivity index (χ0n) is 34.6. The number of benzene rings is 4. The van der Waals surface area contributed by atoms with Gasteiger partial charge >= 0.3 is 0 Å². The van der Waals surface area contributed by atoms with E-state index in [4.69, 9.17) is 0 Å². The lowest BCUT2D eigenvalue weighted by Crippen LogP contribution is -2.28. The van der Waals surface area contributed by atoms with Crippen LogP contribution in [0.15, 0.2) is 205 Å². The van der Waals surface area contributed by atoms with Crippen molar-refractivity contribution in [2.24, 2.45) is 0 Å². The molecule has 0 heterocycles. The molecule has 0 aromatic heterocycles. The van der Waals surface area contributed by atoms with Gasteiger partial charge in [-0.2, -0.15) is 0 Å². The lowest BCUT2D eigenvalue weighted by atomic mass is 9.68. The van der Waals surface area contributed by atoms with Crippen LogP contribution in [-0.4, -0.2) is 0 Å². The van der Waals surface area contributed by atoms with Gasteiger partial charge in [0.15, 0.2) is 0 Å². The molecule has 1 atom stereocenters. The molecule has 0 saturated heterocycles. The maximum absolute atomic E-state index is 4.45. The second-order valence-corrected chi connectivity index (χ2v) is 15.5. The molecule has 4 aromatic rings. The van der Waals surface area contributed by atoms with Crippen molar-refractivity contribution >= 4 is 29.6 Å². The fourth-order valence-electron chi connectivity index (χ4n) is 8.47. The largest absolute Gasteiger partial charge is 0.310 e. The molecule has 1 heteroatoms. The number of aryl methyl sites for hydroxylation is 2. The number of allylic oxidation sites excluding steroid dienone is 17. The summed E-state index contributed by atoms with van der Waals surface area (Å²) >= 11 is 0.